The minimum absolute atomic E-state index is 0.0900. The smallest absolute Gasteiger partial charge is 0.176 e. The Balaban J connectivity index is 1.65. The quantitative estimate of drug-likeness (QED) is 0.615. The molecular formula is C24H23NO2. The number of Topliss-reactive ketones (excluding diaryl/α,β-unsaturated/α-hetero) is 1. The van der Waals surface area contributed by atoms with Crippen molar-refractivity contribution in [2.75, 3.05) is 11.4 Å². The Morgan fingerprint density at radius 1 is 0.926 bits per heavy atom. The second-order valence-corrected chi connectivity index (χ2v) is 6.96. The normalized spacial score (nSPS) is 15.3. The van der Waals surface area contributed by atoms with Crippen LogP contribution in [-0.4, -0.2) is 18.6 Å². The molecule has 136 valence electrons. The maximum atomic E-state index is 11.6. The summed E-state index contributed by atoms with van der Waals surface area (Å²) in [5.41, 5.74) is 4.63. The van der Waals surface area contributed by atoms with Crippen LogP contribution in [-0.2, 0) is 11.2 Å². The number of carbonyl (C=O) groups is 1. The zero-order valence-electron chi connectivity index (χ0n) is 15.5. The predicted octanol–water partition coefficient (Wildman–Crippen LogP) is 5.10. The van der Waals surface area contributed by atoms with Gasteiger partial charge in [0.05, 0.1) is 5.69 Å². The van der Waals surface area contributed by atoms with Gasteiger partial charge in [-0.25, -0.2) is 0 Å². The molecule has 0 spiro atoms. The highest BCUT2D eigenvalue weighted by Crippen LogP contribution is 2.41. The van der Waals surface area contributed by atoms with E-state index in [0.717, 1.165) is 23.4 Å². The Hall–Kier alpha value is -3.07. The molecule has 1 heterocycles. The van der Waals surface area contributed by atoms with Crippen molar-refractivity contribution in [3.8, 4) is 16.9 Å². The fourth-order valence-electron chi connectivity index (χ4n) is 3.53. The van der Waals surface area contributed by atoms with Gasteiger partial charge in [0, 0.05) is 19.4 Å². The van der Waals surface area contributed by atoms with Gasteiger partial charge in [-0.1, -0.05) is 66.7 Å². The lowest BCUT2D eigenvalue weighted by atomic mass is 10.0. The Labute approximate surface area is 160 Å². The average molecular weight is 357 g/mol. The number of ether oxygens (including phenoxy) is 1. The Morgan fingerprint density at radius 3 is 2.33 bits per heavy atom. The van der Waals surface area contributed by atoms with Crippen LogP contribution >= 0.6 is 0 Å². The molecule has 0 aliphatic carbocycles. The lowest BCUT2D eigenvalue weighted by molar-refractivity contribution is -0.116. The molecule has 1 atom stereocenters. The summed E-state index contributed by atoms with van der Waals surface area (Å²) in [7, 11) is 0. The summed E-state index contributed by atoms with van der Waals surface area (Å²) < 4.78 is 6.26. The van der Waals surface area contributed by atoms with E-state index in [0.29, 0.717) is 13.0 Å². The zero-order chi connectivity index (χ0) is 18.6. The monoisotopic (exact) mass is 357 g/mol. The van der Waals surface area contributed by atoms with Gasteiger partial charge in [-0.15, -0.1) is 0 Å². The second kappa shape index (κ2) is 7.67. The van der Waals surface area contributed by atoms with Crippen LogP contribution in [0.25, 0.3) is 11.1 Å². The average Bonchev–Trinajstić information content (AvgIpc) is 3.04. The van der Waals surface area contributed by atoms with E-state index in [2.05, 4.69) is 41.3 Å². The largest absolute Gasteiger partial charge is 0.468 e. The molecule has 0 N–H and O–H groups in total. The minimum Gasteiger partial charge on any atom is -0.468 e. The van der Waals surface area contributed by atoms with Crippen LogP contribution in [0, 0.1) is 0 Å². The van der Waals surface area contributed by atoms with Crippen molar-refractivity contribution in [2.24, 2.45) is 0 Å². The molecule has 0 amide bonds. The maximum Gasteiger partial charge on any atom is 0.176 e. The summed E-state index contributed by atoms with van der Waals surface area (Å²) >= 11 is 0. The molecule has 1 aliphatic rings. The maximum absolute atomic E-state index is 11.6. The molecule has 1 unspecified atom stereocenters. The molecule has 3 nitrogen and oxygen atoms in total. The molecule has 1 aliphatic heterocycles. The highest BCUT2D eigenvalue weighted by atomic mass is 16.5. The molecule has 3 aromatic rings. The Bertz CT molecular complexity index is 922. The van der Waals surface area contributed by atoms with Crippen LogP contribution in [0.4, 0.5) is 5.69 Å². The van der Waals surface area contributed by atoms with Gasteiger partial charge < -0.3 is 9.64 Å². The molecule has 3 aromatic carbocycles. The van der Waals surface area contributed by atoms with E-state index >= 15 is 0 Å². The van der Waals surface area contributed by atoms with E-state index in [1.807, 2.05) is 42.5 Å². The van der Waals surface area contributed by atoms with E-state index in [-0.39, 0.29) is 12.0 Å². The highest BCUT2D eigenvalue weighted by Gasteiger charge is 2.31. The molecule has 0 radical (unpaired) electrons. The zero-order valence-corrected chi connectivity index (χ0v) is 15.5. The third-order valence-electron chi connectivity index (χ3n) is 4.94. The number of benzene rings is 3. The van der Waals surface area contributed by atoms with Crippen molar-refractivity contribution in [3.05, 3.63) is 84.4 Å². The summed E-state index contributed by atoms with van der Waals surface area (Å²) in [5, 5.41) is 0. The molecule has 0 fully saturated rings. The summed E-state index contributed by atoms with van der Waals surface area (Å²) in [6.07, 6.45) is 1.21. The number of rotatable bonds is 6. The number of ketones is 1. The van der Waals surface area contributed by atoms with Gasteiger partial charge in [-0.3, -0.25) is 4.79 Å². The summed E-state index contributed by atoms with van der Waals surface area (Å²) in [5.74, 6) is 1.08. The van der Waals surface area contributed by atoms with Crippen LogP contribution in [0.15, 0.2) is 78.9 Å². The van der Waals surface area contributed by atoms with Gasteiger partial charge in [-0.05, 0) is 35.7 Å². The first-order chi connectivity index (χ1) is 13.2. The summed E-state index contributed by atoms with van der Waals surface area (Å²) in [6, 6.07) is 27.0. The van der Waals surface area contributed by atoms with Crippen LogP contribution < -0.4 is 9.64 Å². The van der Waals surface area contributed by atoms with Gasteiger partial charge in [0.15, 0.2) is 6.23 Å². The molecule has 27 heavy (non-hydrogen) atoms. The number of nitrogens with zero attached hydrogens (tertiary/aromatic N) is 1. The lowest BCUT2D eigenvalue weighted by Gasteiger charge is -2.25. The fraction of sp³-hybridized carbons (Fsp3) is 0.208. The van der Waals surface area contributed by atoms with Crippen LogP contribution in [0.3, 0.4) is 0 Å². The van der Waals surface area contributed by atoms with E-state index in [9.17, 15) is 4.79 Å². The first kappa shape index (κ1) is 17.3. The van der Waals surface area contributed by atoms with Gasteiger partial charge in [-0.2, -0.15) is 0 Å². The molecule has 0 bridgehead atoms. The van der Waals surface area contributed by atoms with Crippen molar-refractivity contribution >= 4 is 11.5 Å². The summed E-state index contributed by atoms with van der Waals surface area (Å²) in [6.45, 7) is 2.31. The first-order valence-corrected chi connectivity index (χ1v) is 9.37. The highest BCUT2D eigenvalue weighted by molar-refractivity contribution is 5.78. The molecule has 0 aromatic heterocycles. The van der Waals surface area contributed by atoms with Crippen molar-refractivity contribution in [3.63, 3.8) is 0 Å². The fourth-order valence-corrected chi connectivity index (χ4v) is 3.53. The standard InChI is InChI=1S/C24H23NO2/c1-18(26)14-15-25-22-17-21(20-10-6-3-7-11-20)12-13-23(22)27-24(25)16-19-8-4-2-5-9-19/h2-13,17,24H,14-16H2,1H3. The molecule has 0 saturated carbocycles. The molecule has 4 rings (SSSR count). The minimum atomic E-state index is -0.0900. The topological polar surface area (TPSA) is 29.5 Å². The third-order valence-corrected chi connectivity index (χ3v) is 4.94. The van der Waals surface area contributed by atoms with Gasteiger partial charge in [0.2, 0.25) is 0 Å². The van der Waals surface area contributed by atoms with Gasteiger partial charge in [0.25, 0.3) is 0 Å². The van der Waals surface area contributed by atoms with Crippen molar-refractivity contribution < 1.29 is 9.53 Å². The summed E-state index contributed by atoms with van der Waals surface area (Å²) in [4.78, 5) is 13.8. The van der Waals surface area contributed by atoms with Crippen LogP contribution in [0.1, 0.15) is 18.9 Å². The van der Waals surface area contributed by atoms with E-state index in [1.165, 1.54) is 11.1 Å². The van der Waals surface area contributed by atoms with Crippen LogP contribution in [0.2, 0.25) is 0 Å². The van der Waals surface area contributed by atoms with Crippen molar-refractivity contribution in [2.45, 2.75) is 26.0 Å². The van der Waals surface area contributed by atoms with Crippen molar-refractivity contribution in [1.29, 1.82) is 0 Å². The molecule has 0 saturated heterocycles. The number of anilines is 1. The van der Waals surface area contributed by atoms with Gasteiger partial charge >= 0.3 is 0 Å². The molecule has 3 heteroatoms. The number of hydrogen-bond donors (Lipinski definition) is 0. The van der Waals surface area contributed by atoms with Gasteiger partial charge in [0.1, 0.15) is 11.5 Å². The van der Waals surface area contributed by atoms with E-state index < -0.39 is 0 Å². The van der Waals surface area contributed by atoms with Crippen molar-refractivity contribution in [1.82, 2.24) is 0 Å². The first-order valence-electron chi connectivity index (χ1n) is 9.37. The number of hydrogen-bond acceptors (Lipinski definition) is 3. The second-order valence-electron chi connectivity index (χ2n) is 6.96. The van der Waals surface area contributed by atoms with Crippen LogP contribution in [0.5, 0.6) is 5.75 Å². The van der Waals surface area contributed by atoms with E-state index in [4.69, 9.17) is 4.74 Å². The van der Waals surface area contributed by atoms with E-state index in [1.54, 1.807) is 6.92 Å². The lowest BCUT2D eigenvalue weighted by Crippen LogP contribution is -2.37. The number of fused-ring (bicyclic) bond motifs is 1. The SMILES string of the molecule is CC(=O)CCN1c2cc(-c3ccccc3)ccc2OC1Cc1ccccc1. The molecular weight excluding hydrogens is 334 g/mol. The number of carbonyl (C=O) groups excluding carboxylic acids is 1. The third kappa shape index (κ3) is 3.87. The Kier molecular flexibility index (Phi) is 4.93. The Morgan fingerprint density at radius 2 is 1.63 bits per heavy atom. The predicted molar refractivity (Wildman–Crippen MR) is 109 cm³/mol.